The number of carboxylic acids is 1. The summed E-state index contributed by atoms with van der Waals surface area (Å²) in [4.78, 5) is 10.8. The van der Waals surface area contributed by atoms with E-state index in [-0.39, 0.29) is 4.21 Å². The Labute approximate surface area is 86.1 Å². The first-order chi connectivity index (χ1) is 6.30. The zero-order valence-electron chi connectivity index (χ0n) is 7.72. The fourth-order valence-electron chi connectivity index (χ4n) is 0.783. The fraction of sp³-hybridized carbons (Fsp3) is 0.375. The van der Waals surface area contributed by atoms with Gasteiger partial charge in [-0.3, -0.25) is 4.79 Å². The Bertz CT molecular complexity index is 428. The smallest absolute Gasteiger partial charge is 0.324 e. The first kappa shape index (κ1) is 11.2. The first-order valence-corrected chi connectivity index (χ1v) is 6.18. The number of rotatable bonds is 3. The summed E-state index contributed by atoms with van der Waals surface area (Å²) in [6.07, 6.45) is 0. The predicted octanol–water partition coefficient (Wildman–Crippen LogP) is 1.39. The molecule has 0 aliphatic carbocycles. The van der Waals surface area contributed by atoms with Crippen molar-refractivity contribution < 1.29 is 18.3 Å². The van der Waals surface area contributed by atoms with E-state index in [9.17, 15) is 13.2 Å². The summed E-state index contributed by atoms with van der Waals surface area (Å²) in [6, 6.07) is 2.99. The molecule has 0 spiro atoms. The molecule has 0 unspecified atom stereocenters. The third-order valence-corrected chi connectivity index (χ3v) is 5.74. The number of carbonyl (C=O) groups is 1. The highest BCUT2D eigenvalue weighted by molar-refractivity contribution is 7.95. The van der Waals surface area contributed by atoms with Crippen LogP contribution in [0.2, 0.25) is 0 Å². The Morgan fingerprint density at radius 3 is 2.43 bits per heavy atom. The van der Waals surface area contributed by atoms with Crippen LogP contribution in [0.15, 0.2) is 21.7 Å². The summed E-state index contributed by atoms with van der Waals surface area (Å²) in [5.74, 6) is -1.34. The number of thiophene rings is 1. The average molecular weight is 234 g/mol. The van der Waals surface area contributed by atoms with E-state index < -0.39 is 20.6 Å². The fourth-order valence-corrected chi connectivity index (χ4v) is 3.52. The zero-order valence-corrected chi connectivity index (χ0v) is 9.35. The maximum atomic E-state index is 11.8. The van der Waals surface area contributed by atoms with E-state index in [0.717, 1.165) is 11.3 Å². The highest BCUT2D eigenvalue weighted by atomic mass is 32.2. The van der Waals surface area contributed by atoms with Crippen molar-refractivity contribution in [2.75, 3.05) is 0 Å². The van der Waals surface area contributed by atoms with Crippen LogP contribution in [-0.2, 0) is 14.6 Å². The molecule has 0 saturated heterocycles. The number of carboxylic acid groups (broad SMARTS) is 1. The van der Waals surface area contributed by atoms with Crippen LogP contribution in [0, 0.1) is 0 Å². The maximum Gasteiger partial charge on any atom is 0.324 e. The van der Waals surface area contributed by atoms with E-state index in [1.54, 1.807) is 11.4 Å². The number of aliphatic carboxylic acids is 1. The van der Waals surface area contributed by atoms with Crippen LogP contribution >= 0.6 is 11.3 Å². The summed E-state index contributed by atoms with van der Waals surface area (Å²) in [5, 5.41) is 10.4. The van der Waals surface area contributed by atoms with E-state index in [0.29, 0.717) is 0 Å². The number of hydrogen-bond acceptors (Lipinski definition) is 4. The Hall–Kier alpha value is -0.880. The van der Waals surface area contributed by atoms with Gasteiger partial charge in [0.15, 0.2) is 4.75 Å². The molecule has 1 heterocycles. The molecule has 78 valence electrons. The van der Waals surface area contributed by atoms with Crippen LogP contribution in [0.4, 0.5) is 0 Å². The third kappa shape index (κ3) is 1.55. The van der Waals surface area contributed by atoms with Gasteiger partial charge in [-0.2, -0.15) is 0 Å². The topological polar surface area (TPSA) is 71.4 Å². The molecule has 1 aromatic heterocycles. The molecule has 4 nitrogen and oxygen atoms in total. The van der Waals surface area contributed by atoms with E-state index in [1.807, 2.05) is 0 Å². The summed E-state index contributed by atoms with van der Waals surface area (Å²) < 4.78 is 21.9. The van der Waals surface area contributed by atoms with Crippen molar-refractivity contribution in [3.63, 3.8) is 0 Å². The Morgan fingerprint density at radius 2 is 2.07 bits per heavy atom. The lowest BCUT2D eigenvalue weighted by molar-refractivity contribution is -0.139. The number of sulfone groups is 1. The van der Waals surface area contributed by atoms with E-state index >= 15 is 0 Å². The van der Waals surface area contributed by atoms with Crippen LogP contribution in [0.3, 0.4) is 0 Å². The monoisotopic (exact) mass is 234 g/mol. The van der Waals surface area contributed by atoms with Gasteiger partial charge in [0.05, 0.1) is 0 Å². The molecule has 1 rings (SSSR count). The van der Waals surface area contributed by atoms with Crippen molar-refractivity contribution in [2.24, 2.45) is 0 Å². The van der Waals surface area contributed by atoms with Gasteiger partial charge in [0.2, 0.25) is 9.84 Å². The Kier molecular flexibility index (Phi) is 2.69. The molecular weight excluding hydrogens is 224 g/mol. The first-order valence-electron chi connectivity index (χ1n) is 3.81. The van der Waals surface area contributed by atoms with Crippen LogP contribution in [-0.4, -0.2) is 24.2 Å². The molecule has 0 saturated carbocycles. The second kappa shape index (κ2) is 3.36. The van der Waals surface area contributed by atoms with Crippen LogP contribution in [0.25, 0.3) is 0 Å². The van der Waals surface area contributed by atoms with Gasteiger partial charge in [-0.25, -0.2) is 8.42 Å². The van der Waals surface area contributed by atoms with Crippen molar-refractivity contribution in [1.29, 1.82) is 0 Å². The van der Waals surface area contributed by atoms with Gasteiger partial charge < -0.3 is 5.11 Å². The highest BCUT2D eigenvalue weighted by Gasteiger charge is 2.43. The minimum atomic E-state index is -3.78. The van der Waals surface area contributed by atoms with E-state index in [2.05, 4.69) is 0 Å². The lowest BCUT2D eigenvalue weighted by Gasteiger charge is -2.18. The summed E-state index contributed by atoms with van der Waals surface area (Å²) >= 11 is 1.02. The molecular formula is C8H10O4S2. The second-order valence-electron chi connectivity index (χ2n) is 3.25. The van der Waals surface area contributed by atoms with Gasteiger partial charge in [-0.05, 0) is 25.3 Å². The Morgan fingerprint density at radius 1 is 1.50 bits per heavy atom. The van der Waals surface area contributed by atoms with Crippen LogP contribution in [0.1, 0.15) is 13.8 Å². The minimum absolute atomic E-state index is 0.0879. The molecule has 14 heavy (non-hydrogen) atoms. The summed E-state index contributed by atoms with van der Waals surface area (Å²) in [5.41, 5.74) is 0. The van der Waals surface area contributed by atoms with E-state index in [1.165, 1.54) is 19.9 Å². The van der Waals surface area contributed by atoms with Crippen molar-refractivity contribution >= 4 is 27.1 Å². The SMILES string of the molecule is CC(C)(C(=O)O)S(=O)(=O)c1cccs1. The van der Waals surface area contributed by atoms with Crippen LogP contribution in [0.5, 0.6) is 0 Å². The Balaban J connectivity index is 3.29. The molecule has 0 bridgehead atoms. The molecule has 0 aliphatic heterocycles. The van der Waals surface area contributed by atoms with Gasteiger partial charge >= 0.3 is 5.97 Å². The van der Waals surface area contributed by atoms with Crippen LogP contribution < -0.4 is 0 Å². The van der Waals surface area contributed by atoms with Gasteiger partial charge in [-0.1, -0.05) is 6.07 Å². The molecule has 0 amide bonds. The lowest BCUT2D eigenvalue weighted by Crippen LogP contribution is -2.40. The molecule has 0 fully saturated rings. The zero-order chi connectivity index (χ0) is 11.0. The standard InChI is InChI=1S/C8H10O4S2/c1-8(2,7(9)10)14(11,12)6-4-3-5-13-6/h3-5H,1-2H3,(H,9,10). The predicted molar refractivity (Wildman–Crippen MR) is 53.2 cm³/mol. The molecule has 6 heteroatoms. The summed E-state index contributed by atoms with van der Waals surface area (Å²) in [7, 11) is -3.78. The molecule has 0 radical (unpaired) electrons. The normalized spacial score (nSPS) is 12.7. The third-order valence-electron chi connectivity index (χ3n) is 1.95. The molecule has 1 N–H and O–H groups in total. The molecule has 0 aromatic carbocycles. The summed E-state index contributed by atoms with van der Waals surface area (Å²) in [6.45, 7) is 2.37. The molecule has 1 aromatic rings. The van der Waals surface area contributed by atoms with Gasteiger partial charge in [-0.15, -0.1) is 11.3 Å². The lowest BCUT2D eigenvalue weighted by atomic mass is 10.2. The maximum absolute atomic E-state index is 11.8. The highest BCUT2D eigenvalue weighted by Crippen LogP contribution is 2.28. The van der Waals surface area contributed by atoms with Crippen molar-refractivity contribution in [2.45, 2.75) is 22.8 Å². The van der Waals surface area contributed by atoms with Gasteiger partial charge in [0.1, 0.15) is 4.21 Å². The van der Waals surface area contributed by atoms with Crippen molar-refractivity contribution in [3.05, 3.63) is 17.5 Å². The minimum Gasteiger partial charge on any atom is -0.480 e. The average Bonchev–Trinajstić information content (AvgIpc) is 2.55. The number of hydrogen-bond donors (Lipinski definition) is 1. The molecule has 0 aliphatic rings. The largest absolute Gasteiger partial charge is 0.480 e. The van der Waals surface area contributed by atoms with Crippen molar-refractivity contribution in [3.8, 4) is 0 Å². The quantitative estimate of drug-likeness (QED) is 0.857. The second-order valence-corrected chi connectivity index (χ2v) is 6.92. The van der Waals surface area contributed by atoms with Gasteiger partial charge in [0, 0.05) is 0 Å². The van der Waals surface area contributed by atoms with Gasteiger partial charge in [0.25, 0.3) is 0 Å². The van der Waals surface area contributed by atoms with Crippen molar-refractivity contribution in [1.82, 2.24) is 0 Å². The molecule has 0 atom stereocenters. The van der Waals surface area contributed by atoms with E-state index in [4.69, 9.17) is 5.11 Å².